The molecule has 0 aromatic rings. The van der Waals surface area contributed by atoms with Gasteiger partial charge in [0.1, 0.15) is 6.07 Å². The van der Waals surface area contributed by atoms with Crippen LogP contribution in [-0.4, -0.2) is 48.4 Å². The Kier molecular flexibility index (Phi) is 4.18. The van der Waals surface area contributed by atoms with Crippen molar-refractivity contribution in [2.45, 2.75) is 64.2 Å². The second-order valence-electron chi connectivity index (χ2n) is 5.12. The maximum absolute atomic E-state index is 11.3. The maximum atomic E-state index is 11.3. The van der Waals surface area contributed by atoms with E-state index in [0.717, 1.165) is 0 Å². The van der Waals surface area contributed by atoms with Gasteiger partial charge in [0.15, 0.2) is 24.6 Å². The number of nitrogens with zero attached hydrogens (tertiary/aromatic N) is 1. The summed E-state index contributed by atoms with van der Waals surface area (Å²) in [5.41, 5.74) is 0. The first kappa shape index (κ1) is 15.7. The zero-order valence-corrected chi connectivity index (χ0v) is 12.2. The molecule has 116 valence electrons. The molecule has 2 rings (SSSR count). The highest BCUT2D eigenvalue weighted by atomic mass is 16.8. The van der Waals surface area contributed by atoms with Gasteiger partial charge in [-0.3, -0.25) is 9.59 Å². The molecule has 0 amide bonds. The van der Waals surface area contributed by atoms with Crippen LogP contribution in [0, 0.1) is 11.3 Å². The van der Waals surface area contributed by atoms with Crippen molar-refractivity contribution >= 4 is 11.9 Å². The molecule has 0 unspecified atom stereocenters. The van der Waals surface area contributed by atoms with Gasteiger partial charge in [-0.2, -0.15) is 5.26 Å². The fraction of sp³-hybridized carbons (Fsp3) is 0.769. The number of fused-ring (bicyclic) bond motifs is 1. The minimum absolute atomic E-state index is 0.534. The lowest BCUT2D eigenvalue weighted by atomic mass is 9.99. The van der Waals surface area contributed by atoms with Crippen LogP contribution in [0.25, 0.3) is 0 Å². The molecule has 0 aliphatic carbocycles. The fourth-order valence-corrected chi connectivity index (χ4v) is 2.43. The van der Waals surface area contributed by atoms with E-state index in [1.165, 1.54) is 20.8 Å². The summed E-state index contributed by atoms with van der Waals surface area (Å²) in [5.74, 6) is -2.59. The highest BCUT2D eigenvalue weighted by molar-refractivity contribution is 5.67. The first-order valence-corrected chi connectivity index (χ1v) is 6.52. The summed E-state index contributed by atoms with van der Waals surface area (Å²) in [6.45, 7) is 5.57. The number of carbonyl (C=O) groups is 2. The molecule has 2 saturated heterocycles. The average Bonchev–Trinajstić information content (AvgIpc) is 2.70. The molecular formula is C13H17NO7. The lowest BCUT2D eigenvalue weighted by Gasteiger charge is -2.39. The topological polar surface area (TPSA) is 104 Å². The molecule has 0 saturated carbocycles. The zero-order valence-electron chi connectivity index (χ0n) is 12.2. The van der Waals surface area contributed by atoms with Gasteiger partial charge in [0.25, 0.3) is 5.79 Å². The SMILES string of the molecule is CC(=O)O[C@@H]1[C@@H](OC(C)=O)[C@H](C)O[C@@H]2O[C@@](C)(C#N)O[C@@H]21. The lowest BCUT2D eigenvalue weighted by molar-refractivity contribution is -0.254. The van der Waals surface area contributed by atoms with Crippen molar-refractivity contribution in [3.63, 3.8) is 0 Å². The predicted molar refractivity (Wildman–Crippen MR) is 65.4 cm³/mol. The molecule has 2 aliphatic rings. The summed E-state index contributed by atoms with van der Waals surface area (Å²) in [7, 11) is 0. The molecule has 21 heavy (non-hydrogen) atoms. The normalized spacial score (nSPS) is 41.8. The van der Waals surface area contributed by atoms with E-state index < -0.39 is 48.4 Å². The Morgan fingerprint density at radius 3 is 2.24 bits per heavy atom. The van der Waals surface area contributed by atoms with Crippen molar-refractivity contribution in [3.05, 3.63) is 0 Å². The molecule has 2 aliphatic heterocycles. The number of hydrogen-bond acceptors (Lipinski definition) is 8. The minimum atomic E-state index is -1.50. The number of hydrogen-bond donors (Lipinski definition) is 0. The Morgan fingerprint density at radius 2 is 1.71 bits per heavy atom. The number of nitriles is 1. The van der Waals surface area contributed by atoms with E-state index in [1.807, 2.05) is 6.07 Å². The summed E-state index contributed by atoms with van der Waals surface area (Å²) in [6.07, 6.45) is -4.04. The van der Waals surface area contributed by atoms with Gasteiger partial charge in [0.05, 0.1) is 6.10 Å². The van der Waals surface area contributed by atoms with E-state index in [0.29, 0.717) is 0 Å². The Labute approximate surface area is 121 Å². The van der Waals surface area contributed by atoms with E-state index in [9.17, 15) is 9.59 Å². The van der Waals surface area contributed by atoms with Crippen LogP contribution in [0.5, 0.6) is 0 Å². The van der Waals surface area contributed by atoms with Gasteiger partial charge in [-0.25, -0.2) is 0 Å². The second-order valence-corrected chi connectivity index (χ2v) is 5.12. The van der Waals surface area contributed by atoms with Gasteiger partial charge < -0.3 is 23.7 Å². The van der Waals surface area contributed by atoms with Crippen LogP contribution >= 0.6 is 0 Å². The molecule has 8 nitrogen and oxygen atoms in total. The number of esters is 2. The van der Waals surface area contributed by atoms with E-state index in [1.54, 1.807) is 6.92 Å². The van der Waals surface area contributed by atoms with Crippen LogP contribution in [0.4, 0.5) is 0 Å². The van der Waals surface area contributed by atoms with Crippen LogP contribution in [0.15, 0.2) is 0 Å². The predicted octanol–water partition coefficient (Wildman–Crippen LogP) is 0.250. The zero-order chi connectivity index (χ0) is 15.8. The summed E-state index contributed by atoms with van der Waals surface area (Å²) < 4.78 is 26.8. The molecule has 0 aromatic carbocycles. The van der Waals surface area contributed by atoms with Crippen LogP contribution in [0.2, 0.25) is 0 Å². The first-order valence-electron chi connectivity index (χ1n) is 6.52. The Morgan fingerprint density at radius 1 is 1.14 bits per heavy atom. The molecule has 0 aromatic heterocycles. The average molecular weight is 299 g/mol. The third kappa shape index (κ3) is 3.15. The second kappa shape index (κ2) is 5.60. The molecule has 8 heteroatoms. The highest BCUT2D eigenvalue weighted by Gasteiger charge is 2.58. The van der Waals surface area contributed by atoms with Crippen LogP contribution < -0.4 is 0 Å². The third-order valence-corrected chi connectivity index (χ3v) is 3.24. The Hall–Kier alpha value is -1.69. The number of ether oxygens (including phenoxy) is 5. The monoisotopic (exact) mass is 299 g/mol. The molecule has 0 bridgehead atoms. The van der Waals surface area contributed by atoms with Gasteiger partial charge in [-0.15, -0.1) is 0 Å². The van der Waals surface area contributed by atoms with Crippen molar-refractivity contribution in [3.8, 4) is 6.07 Å². The van der Waals surface area contributed by atoms with Crippen molar-refractivity contribution in [1.82, 2.24) is 0 Å². The van der Waals surface area contributed by atoms with E-state index in [2.05, 4.69) is 0 Å². The smallest absolute Gasteiger partial charge is 0.303 e. The lowest BCUT2D eigenvalue weighted by Crippen LogP contribution is -2.58. The quantitative estimate of drug-likeness (QED) is 0.668. The van der Waals surface area contributed by atoms with Crippen LogP contribution in [-0.2, 0) is 33.3 Å². The summed E-state index contributed by atoms with van der Waals surface area (Å²) in [5, 5.41) is 9.07. The van der Waals surface area contributed by atoms with Crippen LogP contribution in [0.1, 0.15) is 27.7 Å². The maximum Gasteiger partial charge on any atom is 0.303 e. The van der Waals surface area contributed by atoms with Crippen molar-refractivity contribution < 1.29 is 33.3 Å². The minimum Gasteiger partial charge on any atom is -0.456 e. The third-order valence-electron chi connectivity index (χ3n) is 3.24. The van der Waals surface area contributed by atoms with Crippen molar-refractivity contribution in [2.24, 2.45) is 0 Å². The molecule has 0 spiro atoms. The summed E-state index contributed by atoms with van der Waals surface area (Å²) in [6, 6.07) is 1.87. The van der Waals surface area contributed by atoms with Gasteiger partial charge in [0.2, 0.25) is 0 Å². The largest absolute Gasteiger partial charge is 0.456 e. The van der Waals surface area contributed by atoms with Gasteiger partial charge in [0, 0.05) is 20.8 Å². The first-order chi connectivity index (χ1) is 9.75. The van der Waals surface area contributed by atoms with Crippen LogP contribution in [0.3, 0.4) is 0 Å². The molecular weight excluding hydrogens is 282 g/mol. The Bertz CT molecular complexity index is 487. The van der Waals surface area contributed by atoms with Gasteiger partial charge in [-0.1, -0.05) is 0 Å². The molecule has 2 heterocycles. The fourth-order valence-electron chi connectivity index (χ4n) is 2.43. The molecule has 6 atom stereocenters. The molecule has 0 radical (unpaired) electrons. The Balaban J connectivity index is 2.27. The molecule has 2 fully saturated rings. The number of carbonyl (C=O) groups excluding carboxylic acids is 2. The summed E-state index contributed by atoms with van der Waals surface area (Å²) in [4.78, 5) is 22.5. The van der Waals surface area contributed by atoms with Gasteiger partial charge in [-0.05, 0) is 6.92 Å². The van der Waals surface area contributed by atoms with Crippen molar-refractivity contribution in [1.29, 1.82) is 5.26 Å². The standard InChI is InChI=1S/C13H17NO7/c1-6-9(18-7(2)15)10(19-8(3)16)11-12(17-6)21-13(4,5-14)20-11/h6,9-12H,1-4H3/t6-,9-,10+,11+,12+,13-/m0/s1. The molecule has 0 N–H and O–H groups in total. The van der Waals surface area contributed by atoms with E-state index in [4.69, 9.17) is 28.9 Å². The number of rotatable bonds is 2. The highest BCUT2D eigenvalue weighted by Crippen LogP contribution is 2.38. The van der Waals surface area contributed by atoms with E-state index in [-0.39, 0.29) is 0 Å². The van der Waals surface area contributed by atoms with E-state index >= 15 is 0 Å². The summed E-state index contributed by atoms with van der Waals surface area (Å²) >= 11 is 0. The van der Waals surface area contributed by atoms with Gasteiger partial charge >= 0.3 is 11.9 Å². The van der Waals surface area contributed by atoms with Crippen molar-refractivity contribution in [2.75, 3.05) is 0 Å².